The summed E-state index contributed by atoms with van der Waals surface area (Å²) in [5.74, 6) is -1.19. The summed E-state index contributed by atoms with van der Waals surface area (Å²) in [5, 5.41) is 16.7. The highest BCUT2D eigenvalue weighted by molar-refractivity contribution is 7.80. The van der Waals surface area contributed by atoms with E-state index in [1.807, 2.05) is 29.9 Å². The highest BCUT2D eigenvalue weighted by atomic mass is 32.3. The van der Waals surface area contributed by atoms with Gasteiger partial charge in [0.2, 0.25) is 12.0 Å². The number of imidazole rings is 1. The van der Waals surface area contributed by atoms with Gasteiger partial charge in [-0.1, -0.05) is 5.16 Å². The Bertz CT molecular complexity index is 1770. The quantitative estimate of drug-likeness (QED) is 0.0299. The maximum absolute atomic E-state index is 13.1. The van der Waals surface area contributed by atoms with Crippen LogP contribution in [0.3, 0.4) is 0 Å². The Labute approximate surface area is 273 Å². The molecule has 256 valence electrons. The zero-order chi connectivity index (χ0) is 34.9. The van der Waals surface area contributed by atoms with Gasteiger partial charge >= 0.3 is 10.4 Å². The molecule has 1 aliphatic rings. The van der Waals surface area contributed by atoms with Crippen molar-refractivity contribution in [2.24, 2.45) is 23.7 Å². The molecular weight excluding hydrogens is 660 g/mol. The number of ether oxygens (including phenoxy) is 1. The van der Waals surface area contributed by atoms with E-state index in [9.17, 15) is 18.0 Å². The fourth-order valence-electron chi connectivity index (χ4n) is 4.35. The molecule has 0 spiro atoms. The van der Waals surface area contributed by atoms with Crippen LogP contribution in [-0.2, 0) is 47.5 Å². The fourth-order valence-corrected chi connectivity index (χ4v) is 5.35. The monoisotopic (exact) mass is 696 g/mol. The van der Waals surface area contributed by atoms with Gasteiger partial charge in [0.1, 0.15) is 24.1 Å². The number of primary amides is 1. The zero-order valence-corrected chi connectivity index (χ0v) is 27.3. The first-order chi connectivity index (χ1) is 22.1. The van der Waals surface area contributed by atoms with E-state index in [4.69, 9.17) is 35.8 Å². The number of carbonyl (C=O) groups is 3. The molecule has 1 saturated heterocycles. The lowest BCUT2D eigenvalue weighted by Gasteiger charge is -2.50. The largest absolute Gasteiger partial charge is 0.490 e. The standard InChI is InChI=1S/C25H33N9O8S2.CH3NO/c1-25(2)20(22(36)34(25)42-44(37,38)39)30-21(35)19(17-14-43-23(27)29-17)31-41-12-11-40-16-7-5-15(6-8-16)18-13-33(10-4-9-26)24(28)32(18)3;2-1-3/h5-8,13-14,20,28H,4,9-12,26H2,1-3H3,(H2,27,29)(H,30,35)(H,37,38,39);1H,(H2,2,3)/b28-24?,31-19-;. The van der Waals surface area contributed by atoms with Gasteiger partial charge in [0.15, 0.2) is 17.5 Å². The third kappa shape index (κ3) is 9.13. The number of aryl methyl sites for hydroxylation is 1. The Balaban J connectivity index is 0.00000192. The number of hydroxylamine groups is 2. The van der Waals surface area contributed by atoms with Crippen LogP contribution in [0.5, 0.6) is 5.75 Å². The van der Waals surface area contributed by atoms with Crippen LogP contribution in [0.2, 0.25) is 0 Å². The molecule has 1 aromatic carbocycles. The molecule has 0 radical (unpaired) electrons. The number of thiazole rings is 1. The lowest BCUT2D eigenvalue weighted by atomic mass is 9.84. The normalized spacial score (nSPS) is 15.7. The van der Waals surface area contributed by atoms with E-state index in [1.54, 1.807) is 16.7 Å². The van der Waals surface area contributed by atoms with E-state index in [1.165, 1.54) is 19.2 Å². The Morgan fingerprint density at radius 2 is 1.94 bits per heavy atom. The molecule has 47 heavy (non-hydrogen) atoms. The average Bonchev–Trinajstić information content (AvgIpc) is 3.57. The number of aromatic nitrogens is 3. The number of rotatable bonds is 14. The number of nitrogen functional groups attached to an aromatic ring is 1. The molecule has 3 aromatic rings. The molecule has 1 atom stereocenters. The van der Waals surface area contributed by atoms with Crippen molar-refractivity contribution in [3.8, 4) is 17.0 Å². The predicted molar refractivity (Wildman–Crippen MR) is 169 cm³/mol. The molecule has 0 bridgehead atoms. The number of nitrogens with one attached hydrogen (secondary N) is 2. The predicted octanol–water partition coefficient (Wildman–Crippen LogP) is -0.898. The SMILES string of the molecule is Cn1c(-c2ccc(OCCO/N=C(\C(=O)NC3C(=O)N(OS(=O)(=O)O)C3(C)C)c3csc(N)n3)cc2)cn(CCCN)c1=N.NC=O. The number of oxime groups is 1. The highest BCUT2D eigenvalue weighted by Crippen LogP contribution is 2.33. The van der Waals surface area contributed by atoms with Gasteiger partial charge in [-0.25, -0.2) is 4.98 Å². The van der Waals surface area contributed by atoms with Gasteiger partial charge in [0.05, 0.1) is 11.2 Å². The van der Waals surface area contributed by atoms with E-state index in [0.717, 1.165) is 29.0 Å². The molecule has 0 aliphatic carbocycles. The minimum Gasteiger partial charge on any atom is -0.490 e. The molecule has 3 heterocycles. The molecule has 19 nitrogen and oxygen atoms in total. The maximum Gasteiger partial charge on any atom is 0.418 e. The smallest absolute Gasteiger partial charge is 0.418 e. The van der Waals surface area contributed by atoms with Crippen molar-refractivity contribution in [2.45, 2.75) is 38.4 Å². The van der Waals surface area contributed by atoms with Crippen LogP contribution in [0.1, 0.15) is 26.0 Å². The Morgan fingerprint density at radius 1 is 1.28 bits per heavy atom. The van der Waals surface area contributed by atoms with Gasteiger partial charge in [-0.05, 0) is 56.6 Å². The second kappa shape index (κ2) is 15.6. The van der Waals surface area contributed by atoms with Crippen molar-refractivity contribution >= 4 is 50.8 Å². The van der Waals surface area contributed by atoms with Gasteiger partial charge in [-0.15, -0.1) is 15.6 Å². The summed E-state index contributed by atoms with van der Waals surface area (Å²) < 4.78 is 44.7. The van der Waals surface area contributed by atoms with Crippen LogP contribution >= 0.6 is 11.3 Å². The van der Waals surface area contributed by atoms with Gasteiger partial charge in [0, 0.05) is 25.2 Å². The van der Waals surface area contributed by atoms with Crippen LogP contribution in [0, 0.1) is 5.41 Å². The van der Waals surface area contributed by atoms with Gasteiger partial charge in [-0.3, -0.25) is 24.3 Å². The third-order valence-electron chi connectivity index (χ3n) is 6.68. The van der Waals surface area contributed by atoms with Crippen LogP contribution in [0.25, 0.3) is 11.3 Å². The molecule has 1 unspecified atom stereocenters. The summed E-state index contributed by atoms with van der Waals surface area (Å²) in [4.78, 5) is 43.5. The summed E-state index contributed by atoms with van der Waals surface area (Å²) in [7, 11) is -3.13. The summed E-state index contributed by atoms with van der Waals surface area (Å²) in [5.41, 5.74) is 16.1. The van der Waals surface area contributed by atoms with Crippen molar-refractivity contribution in [2.75, 3.05) is 25.5 Å². The Hall–Kier alpha value is -4.83. The number of β-lactam (4-membered cyclic amide) rings is 1. The summed E-state index contributed by atoms with van der Waals surface area (Å²) in [6.07, 6.45) is 2.93. The first kappa shape index (κ1) is 36.6. The van der Waals surface area contributed by atoms with Crippen molar-refractivity contribution in [1.29, 1.82) is 5.41 Å². The Morgan fingerprint density at radius 3 is 2.49 bits per heavy atom. The van der Waals surface area contributed by atoms with E-state index < -0.39 is 33.8 Å². The molecule has 0 saturated carbocycles. The van der Waals surface area contributed by atoms with Crippen molar-refractivity contribution in [1.82, 2.24) is 24.5 Å². The minimum absolute atomic E-state index is 0.0524. The van der Waals surface area contributed by atoms with E-state index in [0.29, 0.717) is 29.5 Å². The van der Waals surface area contributed by atoms with Crippen LogP contribution in [-0.4, -0.2) is 87.4 Å². The van der Waals surface area contributed by atoms with Crippen LogP contribution < -0.4 is 32.9 Å². The number of benzene rings is 1. The summed E-state index contributed by atoms with van der Waals surface area (Å²) >= 11 is 1.06. The highest BCUT2D eigenvalue weighted by Gasteiger charge is 2.58. The molecule has 1 fully saturated rings. The maximum atomic E-state index is 13.1. The first-order valence-corrected chi connectivity index (χ1v) is 16.0. The molecule has 3 amide bonds. The van der Waals surface area contributed by atoms with Crippen molar-refractivity contribution in [3.63, 3.8) is 0 Å². The average molecular weight is 697 g/mol. The van der Waals surface area contributed by atoms with Gasteiger partial charge in [-0.2, -0.15) is 13.5 Å². The topological polar surface area (TPSA) is 286 Å². The molecule has 21 heteroatoms. The van der Waals surface area contributed by atoms with Crippen molar-refractivity contribution < 1.29 is 41.2 Å². The van der Waals surface area contributed by atoms with Gasteiger partial charge in [0.25, 0.3) is 11.8 Å². The number of hydrogen-bond donors (Lipinski definition) is 6. The zero-order valence-electron chi connectivity index (χ0n) is 25.7. The second-order valence-corrected chi connectivity index (χ2v) is 12.2. The molecule has 4 rings (SSSR count). The summed E-state index contributed by atoms with van der Waals surface area (Å²) in [6.45, 7) is 4.08. The summed E-state index contributed by atoms with van der Waals surface area (Å²) in [6, 6.07) is 6.10. The van der Waals surface area contributed by atoms with E-state index in [-0.39, 0.29) is 36.2 Å². The Kier molecular flexibility index (Phi) is 12.2. The number of anilines is 1. The molecule has 9 N–H and O–H groups in total. The van der Waals surface area contributed by atoms with Crippen LogP contribution in [0.4, 0.5) is 5.13 Å². The van der Waals surface area contributed by atoms with E-state index >= 15 is 0 Å². The minimum atomic E-state index is -4.95. The van der Waals surface area contributed by atoms with E-state index in [2.05, 4.69) is 25.5 Å². The number of nitrogens with zero attached hydrogens (tertiary/aromatic N) is 5. The molecule has 2 aromatic heterocycles. The lowest BCUT2D eigenvalue weighted by molar-refractivity contribution is -0.218. The van der Waals surface area contributed by atoms with Crippen LogP contribution in [0.15, 0.2) is 41.0 Å². The first-order valence-electron chi connectivity index (χ1n) is 13.8. The number of carbonyl (C=O) groups excluding carboxylic acids is 3. The fraction of sp³-hybridized carbons (Fsp3) is 0.385. The molecule has 1 aliphatic heterocycles. The number of nitrogens with two attached hydrogens (primary N) is 3. The second-order valence-electron chi connectivity index (χ2n) is 10.3. The number of hydrogen-bond acceptors (Lipinski definition) is 14. The van der Waals surface area contributed by atoms with Gasteiger partial charge < -0.3 is 41.2 Å². The lowest BCUT2D eigenvalue weighted by Crippen LogP contribution is -2.76. The molecular formula is C26H36N10O9S2. The number of amides is 3. The van der Waals surface area contributed by atoms with Crippen molar-refractivity contribution in [3.05, 3.63) is 47.2 Å². The third-order valence-corrected chi connectivity index (χ3v) is 7.69.